The zero-order valence-electron chi connectivity index (χ0n) is 16.5. The number of alkyl carbamates (subject to hydrolysis) is 1. The Kier molecular flexibility index (Phi) is 4.53. The molecule has 1 amide bonds. The third-order valence-electron chi connectivity index (χ3n) is 5.43. The Hall–Kier alpha value is -3.63. The number of cyclic esters (lactones) is 1. The van der Waals surface area contributed by atoms with E-state index in [0.29, 0.717) is 17.9 Å². The van der Waals surface area contributed by atoms with Gasteiger partial charge in [-0.15, -0.1) is 5.10 Å². The first kappa shape index (κ1) is 19.3. The van der Waals surface area contributed by atoms with Crippen molar-refractivity contribution < 1.29 is 18.3 Å². The summed E-state index contributed by atoms with van der Waals surface area (Å²) in [5.74, 6) is 0.0864. The van der Waals surface area contributed by atoms with Gasteiger partial charge in [-0.25, -0.2) is 28.2 Å². The molecule has 11 heteroatoms. The minimum Gasteiger partial charge on any atom is -0.442 e. The summed E-state index contributed by atoms with van der Waals surface area (Å²) < 4.78 is 32.8. The lowest BCUT2D eigenvalue weighted by atomic mass is 10.1. The lowest BCUT2D eigenvalue weighted by Gasteiger charge is -2.14. The molecular formula is C20H19F2N7O2. The molecule has 1 aromatic carbocycles. The highest BCUT2D eigenvalue weighted by Crippen LogP contribution is 2.44. The Bertz CT molecular complexity index is 1150. The van der Waals surface area contributed by atoms with Gasteiger partial charge in [0.05, 0.1) is 18.3 Å². The predicted octanol–water partition coefficient (Wildman–Crippen LogP) is 3.37. The Morgan fingerprint density at radius 1 is 1.35 bits per heavy atom. The smallest absolute Gasteiger partial charge is 0.408 e. The molecular weight excluding hydrogens is 408 g/mol. The van der Waals surface area contributed by atoms with Crippen LogP contribution in [0.25, 0.3) is 11.3 Å². The Balaban J connectivity index is 1.35. The molecule has 1 saturated carbocycles. The number of anilines is 2. The van der Waals surface area contributed by atoms with Crippen LogP contribution in [0, 0.1) is 6.92 Å². The number of rotatable bonds is 6. The first-order chi connectivity index (χ1) is 14.9. The maximum atomic E-state index is 12.9. The maximum Gasteiger partial charge on any atom is 0.408 e. The number of nitrogens with one attached hydrogen (secondary N) is 2. The molecule has 1 aliphatic heterocycles. The predicted molar refractivity (Wildman–Crippen MR) is 106 cm³/mol. The zero-order chi connectivity index (χ0) is 21.6. The molecule has 31 heavy (non-hydrogen) atoms. The number of alkyl halides is 2. The standard InChI is InChI=1S/C20H19F2N7O2/c1-11-6-12(8-13(7-11)24-18-23-5-2-14(25-18)17(21)22)15-9-29(28-27-15)10-16-20(3-4-20)26-19(30)31-16/h2,5-9,16-17H,3-4,10H2,1H3,(H,26,30)(H,23,24,25). The summed E-state index contributed by atoms with van der Waals surface area (Å²) in [4.78, 5) is 19.4. The van der Waals surface area contributed by atoms with Crippen molar-refractivity contribution in [1.82, 2.24) is 30.3 Å². The number of halogens is 2. The number of benzene rings is 1. The third kappa shape index (κ3) is 3.90. The van der Waals surface area contributed by atoms with E-state index >= 15 is 0 Å². The second-order valence-electron chi connectivity index (χ2n) is 7.82. The van der Waals surface area contributed by atoms with Crippen molar-refractivity contribution in [2.24, 2.45) is 0 Å². The third-order valence-corrected chi connectivity index (χ3v) is 5.43. The highest BCUT2D eigenvalue weighted by Gasteiger charge is 2.57. The van der Waals surface area contributed by atoms with Gasteiger partial charge in [0.25, 0.3) is 6.43 Å². The van der Waals surface area contributed by atoms with Crippen LogP contribution < -0.4 is 10.6 Å². The van der Waals surface area contributed by atoms with E-state index in [-0.39, 0.29) is 23.3 Å². The SMILES string of the molecule is Cc1cc(Nc2nccc(C(F)F)n2)cc(-c2cn(CC3OC(=O)NC34CC4)nn2)c1. The average molecular weight is 427 g/mol. The van der Waals surface area contributed by atoms with Gasteiger partial charge in [0.15, 0.2) is 0 Å². The van der Waals surface area contributed by atoms with Gasteiger partial charge in [-0.2, -0.15) is 0 Å². The second-order valence-corrected chi connectivity index (χ2v) is 7.82. The van der Waals surface area contributed by atoms with Crippen molar-refractivity contribution in [3.63, 3.8) is 0 Å². The molecule has 2 aromatic heterocycles. The number of hydrogen-bond donors (Lipinski definition) is 2. The summed E-state index contributed by atoms with van der Waals surface area (Å²) in [7, 11) is 0. The Labute approximate surface area is 175 Å². The number of nitrogens with zero attached hydrogens (tertiary/aromatic N) is 5. The van der Waals surface area contributed by atoms with Crippen LogP contribution in [-0.4, -0.2) is 42.7 Å². The minimum absolute atomic E-state index is 0.0864. The van der Waals surface area contributed by atoms with Gasteiger partial charge >= 0.3 is 6.09 Å². The van der Waals surface area contributed by atoms with Crippen molar-refractivity contribution >= 4 is 17.7 Å². The molecule has 9 nitrogen and oxygen atoms in total. The van der Waals surface area contributed by atoms with Crippen LogP contribution >= 0.6 is 0 Å². The van der Waals surface area contributed by atoms with Gasteiger partial charge in [-0.3, -0.25) is 0 Å². The lowest BCUT2D eigenvalue weighted by molar-refractivity contribution is 0.113. The summed E-state index contributed by atoms with van der Waals surface area (Å²) >= 11 is 0. The van der Waals surface area contributed by atoms with Crippen LogP contribution in [0.2, 0.25) is 0 Å². The highest BCUT2D eigenvalue weighted by molar-refractivity contribution is 5.72. The Morgan fingerprint density at radius 3 is 2.97 bits per heavy atom. The number of carbonyl (C=O) groups is 1. The van der Waals surface area contributed by atoms with E-state index in [1.165, 1.54) is 12.3 Å². The van der Waals surface area contributed by atoms with Gasteiger partial charge < -0.3 is 15.4 Å². The van der Waals surface area contributed by atoms with Crippen LogP contribution in [0.4, 0.5) is 25.2 Å². The lowest BCUT2D eigenvalue weighted by Crippen LogP contribution is -2.36. The molecule has 160 valence electrons. The number of aromatic nitrogens is 5. The number of ether oxygens (including phenoxy) is 1. The van der Waals surface area contributed by atoms with Crippen LogP contribution in [-0.2, 0) is 11.3 Å². The fourth-order valence-corrected chi connectivity index (χ4v) is 3.73. The van der Waals surface area contributed by atoms with Crippen molar-refractivity contribution in [3.05, 3.63) is 47.9 Å². The van der Waals surface area contributed by atoms with Crippen LogP contribution in [0.15, 0.2) is 36.7 Å². The van der Waals surface area contributed by atoms with Crippen molar-refractivity contribution in [1.29, 1.82) is 0 Å². The second kappa shape index (κ2) is 7.25. The largest absolute Gasteiger partial charge is 0.442 e. The van der Waals surface area contributed by atoms with Gasteiger partial charge in [-0.05, 0) is 49.6 Å². The number of aryl methyl sites for hydroxylation is 1. The Morgan fingerprint density at radius 2 is 2.19 bits per heavy atom. The molecule has 1 atom stereocenters. The summed E-state index contributed by atoms with van der Waals surface area (Å²) in [6.07, 6.45) is 1.53. The zero-order valence-corrected chi connectivity index (χ0v) is 16.5. The van der Waals surface area contributed by atoms with E-state index in [1.54, 1.807) is 10.9 Å². The number of amides is 1. The van der Waals surface area contributed by atoms with Gasteiger partial charge in [-0.1, -0.05) is 5.21 Å². The van der Waals surface area contributed by atoms with E-state index in [0.717, 1.165) is 24.0 Å². The van der Waals surface area contributed by atoms with Crippen molar-refractivity contribution in [2.75, 3.05) is 5.32 Å². The topological polar surface area (TPSA) is 107 Å². The molecule has 0 bridgehead atoms. The molecule has 1 saturated heterocycles. The van der Waals surface area contributed by atoms with Crippen LogP contribution in [0.1, 0.15) is 30.5 Å². The first-order valence-electron chi connectivity index (χ1n) is 9.79. The normalized spacial score (nSPS) is 18.8. The van der Waals surface area contributed by atoms with E-state index in [1.807, 2.05) is 25.1 Å². The fourth-order valence-electron chi connectivity index (χ4n) is 3.73. The molecule has 1 aliphatic carbocycles. The van der Waals surface area contributed by atoms with Crippen LogP contribution in [0.5, 0.6) is 0 Å². The van der Waals surface area contributed by atoms with Gasteiger partial charge in [0.2, 0.25) is 5.95 Å². The quantitative estimate of drug-likeness (QED) is 0.621. The minimum atomic E-state index is -2.67. The summed E-state index contributed by atoms with van der Waals surface area (Å²) in [5, 5.41) is 14.2. The van der Waals surface area contributed by atoms with Gasteiger partial charge in [0, 0.05) is 17.4 Å². The maximum absolute atomic E-state index is 12.9. The summed E-state index contributed by atoms with van der Waals surface area (Å²) in [6.45, 7) is 2.33. The first-order valence-corrected chi connectivity index (χ1v) is 9.79. The molecule has 2 N–H and O–H groups in total. The molecule has 2 aliphatic rings. The molecule has 1 unspecified atom stereocenters. The number of carbonyl (C=O) groups excluding carboxylic acids is 1. The van der Waals surface area contributed by atoms with E-state index in [9.17, 15) is 13.6 Å². The monoisotopic (exact) mass is 427 g/mol. The van der Waals surface area contributed by atoms with Crippen molar-refractivity contribution in [3.8, 4) is 11.3 Å². The number of hydrogen-bond acceptors (Lipinski definition) is 7. The summed E-state index contributed by atoms with van der Waals surface area (Å²) in [5.41, 5.74) is 2.39. The molecule has 5 rings (SSSR count). The summed E-state index contributed by atoms with van der Waals surface area (Å²) in [6, 6.07) is 6.79. The molecule has 1 spiro atoms. The van der Waals surface area contributed by atoms with E-state index < -0.39 is 12.5 Å². The molecule has 3 aromatic rings. The molecule has 2 fully saturated rings. The average Bonchev–Trinajstić information content (AvgIpc) is 3.22. The van der Waals surface area contributed by atoms with E-state index in [4.69, 9.17) is 4.74 Å². The molecule has 3 heterocycles. The fraction of sp³-hybridized carbons (Fsp3) is 0.350. The van der Waals surface area contributed by atoms with Crippen molar-refractivity contribution in [2.45, 2.75) is 44.4 Å². The van der Waals surface area contributed by atoms with E-state index in [2.05, 4.69) is 30.9 Å². The van der Waals surface area contributed by atoms with Crippen LogP contribution in [0.3, 0.4) is 0 Å². The van der Waals surface area contributed by atoms with Gasteiger partial charge in [0.1, 0.15) is 17.5 Å². The molecule has 0 radical (unpaired) electrons. The highest BCUT2D eigenvalue weighted by atomic mass is 19.3.